The summed E-state index contributed by atoms with van der Waals surface area (Å²) in [5, 5.41) is 20.2. The van der Waals surface area contributed by atoms with Gasteiger partial charge in [-0.3, -0.25) is 14.9 Å². The van der Waals surface area contributed by atoms with Crippen LogP contribution in [0.1, 0.15) is 5.56 Å². The molecule has 17 heavy (non-hydrogen) atoms. The Morgan fingerprint density at radius 2 is 2.12 bits per heavy atom. The lowest BCUT2D eigenvalue weighted by Crippen LogP contribution is -2.15. The molecular weight excluding hydrogens is 222 g/mol. The number of rotatable bonds is 1. The van der Waals surface area contributed by atoms with Gasteiger partial charge in [0.25, 0.3) is 11.2 Å². The van der Waals surface area contributed by atoms with E-state index in [4.69, 9.17) is 5.26 Å². The van der Waals surface area contributed by atoms with E-state index in [-0.39, 0.29) is 16.8 Å². The molecule has 0 spiro atoms. The van der Waals surface area contributed by atoms with E-state index in [1.165, 1.54) is 28.8 Å². The number of benzene rings is 1. The van der Waals surface area contributed by atoms with Gasteiger partial charge in [-0.15, -0.1) is 0 Å². The van der Waals surface area contributed by atoms with Gasteiger partial charge in [0.2, 0.25) is 0 Å². The molecule has 0 aliphatic heterocycles. The minimum atomic E-state index is -0.608. The minimum absolute atomic E-state index is 0.0521. The van der Waals surface area contributed by atoms with Crippen molar-refractivity contribution in [1.82, 2.24) is 4.57 Å². The Kier molecular flexibility index (Phi) is 2.37. The highest BCUT2D eigenvalue weighted by Crippen LogP contribution is 2.24. The van der Waals surface area contributed by atoms with Crippen LogP contribution >= 0.6 is 0 Å². The number of fused-ring (bicyclic) bond motifs is 1. The van der Waals surface area contributed by atoms with Gasteiger partial charge in [0.05, 0.1) is 10.4 Å². The summed E-state index contributed by atoms with van der Waals surface area (Å²) >= 11 is 0. The van der Waals surface area contributed by atoms with Gasteiger partial charge in [-0.1, -0.05) is 0 Å². The summed E-state index contributed by atoms with van der Waals surface area (Å²) in [5.41, 5.74) is -0.0303. The van der Waals surface area contributed by atoms with Gasteiger partial charge in [0, 0.05) is 24.6 Å². The highest BCUT2D eigenvalue weighted by atomic mass is 16.6. The normalized spacial score (nSPS) is 10.1. The molecule has 0 bridgehead atoms. The van der Waals surface area contributed by atoms with Gasteiger partial charge < -0.3 is 4.57 Å². The molecule has 0 atom stereocenters. The predicted molar refractivity (Wildman–Crippen MR) is 60.6 cm³/mol. The van der Waals surface area contributed by atoms with Gasteiger partial charge in [0.15, 0.2) is 0 Å². The number of aryl methyl sites for hydroxylation is 1. The Balaban J connectivity index is 2.94. The molecule has 84 valence electrons. The summed E-state index contributed by atoms with van der Waals surface area (Å²) < 4.78 is 1.35. The van der Waals surface area contributed by atoms with Crippen molar-refractivity contribution in [2.24, 2.45) is 7.05 Å². The molecular formula is C11H7N3O3. The lowest BCUT2D eigenvalue weighted by Gasteiger charge is -2.04. The predicted octanol–water partition coefficient (Wildman–Crippen LogP) is 1.32. The third-order valence-corrected chi connectivity index (χ3v) is 2.56. The first-order valence-corrected chi connectivity index (χ1v) is 4.73. The first-order valence-electron chi connectivity index (χ1n) is 4.73. The molecule has 2 rings (SSSR count). The van der Waals surface area contributed by atoms with Crippen LogP contribution in [-0.4, -0.2) is 9.49 Å². The maximum absolute atomic E-state index is 11.4. The van der Waals surface area contributed by atoms with E-state index >= 15 is 0 Å². The number of hydrogen-bond donors (Lipinski definition) is 0. The van der Waals surface area contributed by atoms with Crippen LogP contribution in [0.3, 0.4) is 0 Å². The topological polar surface area (TPSA) is 88.9 Å². The zero-order valence-corrected chi connectivity index (χ0v) is 8.88. The molecule has 1 aromatic carbocycles. The van der Waals surface area contributed by atoms with E-state index in [1.807, 2.05) is 0 Å². The molecule has 1 aromatic heterocycles. The van der Waals surface area contributed by atoms with Crippen molar-refractivity contribution >= 4 is 16.6 Å². The van der Waals surface area contributed by atoms with E-state index in [2.05, 4.69) is 0 Å². The first kappa shape index (κ1) is 10.8. The van der Waals surface area contributed by atoms with Crippen molar-refractivity contribution in [3.63, 3.8) is 0 Å². The Hall–Kier alpha value is -2.68. The van der Waals surface area contributed by atoms with Gasteiger partial charge in [-0.25, -0.2) is 0 Å². The average molecular weight is 229 g/mol. The second kappa shape index (κ2) is 3.72. The number of hydrogen-bond acceptors (Lipinski definition) is 4. The number of nitriles is 1. The molecule has 0 radical (unpaired) electrons. The first-order chi connectivity index (χ1) is 8.04. The SMILES string of the molecule is Cn1c(=O)ccc2cc([N+](=O)[O-])c(C#N)cc21. The summed E-state index contributed by atoms with van der Waals surface area (Å²) in [4.78, 5) is 21.6. The summed E-state index contributed by atoms with van der Waals surface area (Å²) in [6.45, 7) is 0. The number of aromatic nitrogens is 1. The van der Waals surface area contributed by atoms with Gasteiger partial charge in [0.1, 0.15) is 11.6 Å². The van der Waals surface area contributed by atoms with Crippen molar-refractivity contribution in [3.8, 4) is 6.07 Å². The van der Waals surface area contributed by atoms with Crippen LogP contribution in [0.15, 0.2) is 29.1 Å². The molecule has 6 nitrogen and oxygen atoms in total. The highest BCUT2D eigenvalue weighted by Gasteiger charge is 2.15. The van der Waals surface area contributed by atoms with Crippen molar-refractivity contribution in [3.05, 3.63) is 50.3 Å². The second-order valence-electron chi connectivity index (χ2n) is 3.53. The third-order valence-electron chi connectivity index (χ3n) is 2.56. The molecule has 6 heteroatoms. The summed E-state index contributed by atoms with van der Waals surface area (Å²) in [5.74, 6) is 0. The Morgan fingerprint density at radius 1 is 1.41 bits per heavy atom. The maximum Gasteiger partial charge on any atom is 0.287 e. The summed E-state index contributed by atoms with van der Waals surface area (Å²) in [6.07, 6.45) is 0. The van der Waals surface area contributed by atoms with Crippen LogP contribution in [0.4, 0.5) is 5.69 Å². The van der Waals surface area contributed by atoms with E-state index in [9.17, 15) is 14.9 Å². The van der Waals surface area contributed by atoms with Crippen molar-refractivity contribution < 1.29 is 4.92 Å². The summed E-state index contributed by atoms with van der Waals surface area (Å²) in [7, 11) is 1.55. The second-order valence-corrected chi connectivity index (χ2v) is 3.53. The summed E-state index contributed by atoms with van der Waals surface area (Å²) in [6, 6.07) is 7.25. The standard InChI is InChI=1S/C11H7N3O3/c1-13-9-5-8(6-12)10(14(16)17)4-7(9)2-3-11(13)15/h2-5H,1H3. The monoisotopic (exact) mass is 229 g/mol. The van der Waals surface area contributed by atoms with Crippen molar-refractivity contribution in [1.29, 1.82) is 5.26 Å². The van der Waals surface area contributed by atoms with E-state index in [1.54, 1.807) is 13.1 Å². The van der Waals surface area contributed by atoms with Crippen LogP contribution in [0.5, 0.6) is 0 Å². The fourth-order valence-corrected chi connectivity index (χ4v) is 1.65. The number of pyridine rings is 1. The van der Waals surface area contributed by atoms with Crippen LogP contribution in [0.25, 0.3) is 10.9 Å². The van der Waals surface area contributed by atoms with E-state index in [0.29, 0.717) is 10.9 Å². The van der Waals surface area contributed by atoms with E-state index < -0.39 is 4.92 Å². The molecule has 0 aliphatic rings. The van der Waals surface area contributed by atoms with E-state index in [0.717, 1.165) is 0 Å². The smallest absolute Gasteiger partial charge is 0.287 e. The van der Waals surface area contributed by atoms with Crippen molar-refractivity contribution in [2.75, 3.05) is 0 Å². The largest absolute Gasteiger partial charge is 0.311 e. The fourth-order valence-electron chi connectivity index (χ4n) is 1.65. The average Bonchev–Trinajstić information content (AvgIpc) is 2.32. The Bertz CT molecular complexity index is 725. The molecule has 2 aromatic rings. The van der Waals surface area contributed by atoms with Crippen LogP contribution in [0.2, 0.25) is 0 Å². The van der Waals surface area contributed by atoms with Crippen LogP contribution in [-0.2, 0) is 7.05 Å². The Morgan fingerprint density at radius 3 is 2.71 bits per heavy atom. The zero-order valence-electron chi connectivity index (χ0n) is 8.88. The molecule has 0 saturated carbocycles. The zero-order chi connectivity index (χ0) is 12.6. The Labute approximate surface area is 95.5 Å². The van der Waals surface area contributed by atoms with Crippen LogP contribution in [0, 0.1) is 21.4 Å². The third kappa shape index (κ3) is 1.63. The lowest BCUT2D eigenvalue weighted by molar-refractivity contribution is -0.385. The van der Waals surface area contributed by atoms with Crippen molar-refractivity contribution in [2.45, 2.75) is 0 Å². The number of nitrogens with zero attached hydrogens (tertiary/aromatic N) is 3. The van der Waals surface area contributed by atoms with Crippen LogP contribution < -0.4 is 5.56 Å². The molecule has 0 N–H and O–H groups in total. The number of nitro groups is 1. The molecule has 0 saturated heterocycles. The maximum atomic E-state index is 11.4. The molecule has 0 amide bonds. The highest BCUT2D eigenvalue weighted by molar-refractivity contribution is 5.84. The molecule has 0 fully saturated rings. The number of nitro benzene ring substituents is 1. The lowest BCUT2D eigenvalue weighted by atomic mass is 10.1. The fraction of sp³-hybridized carbons (Fsp3) is 0.0909. The quantitative estimate of drug-likeness (QED) is 0.544. The molecule has 1 heterocycles. The minimum Gasteiger partial charge on any atom is -0.311 e. The van der Waals surface area contributed by atoms with Gasteiger partial charge in [-0.05, 0) is 12.1 Å². The molecule has 0 unspecified atom stereocenters. The van der Waals surface area contributed by atoms with Gasteiger partial charge in [-0.2, -0.15) is 5.26 Å². The molecule has 0 aliphatic carbocycles. The van der Waals surface area contributed by atoms with Gasteiger partial charge >= 0.3 is 0 Å².